The van der Waals surface area contributed by atoms with Gasteiger partial charge in [-0.1, -0.05) is 26.3 Å². The monoisotopic (exact) mass is 404 g/mol. The Bertz CT molecular complexity index is 788. The normalized spacial score (nSPS) is 46.2. The third-order valence-electron chi connectivity index (χ3n) is 9.29. The highest BCUT2D eigenvalue weighted by atomic mass is 19.1. The number of fused-ring (bicyclic) bond motifs is 5. The molecule has 3 saturated carbocycles. The van der Waals surface area contributed by atoms with Crippen molar-refractivity contribution >= 4 is 17.5 Å². The molecule has 4 aliphatic rings. The molecular weight excluding hydrogens is 371 g/mol. The van der Waals surface area contributed by atoms with E-state index in [1.807, 2.05) is 6.08 Å². The average molecular weight is 405 g/mol. The molecule has 0 radical (unpaired) electrons. The lowest BCUT2D eigenvalue weighted by molar-refractivity contribution is -0.189. The Balaban J connectivity index is 1.74. The van der Waals surface area contributed by atoms with Crippen LogP contribution in [0, 0.1) is 34.5 Å². The summed E-state index contributed by atoms with van der Waals surface area (Å²) in [6.45, 7) is 6.82. The van der Waals surface area contributed by atoms with Gasteiger partial charge in [-0.05, 0) is 73.7 Å². The van der Waals surface area contributed by atoms with Crippen LogP contribution in [0.5, 0.6) is 0 Å². The lowest BCUT2D eigenvalue weighted by atomic mass is 9.44. The second-order valence-corrected chi connectivity index (χ2v) is 10.5. The van der Waals surface area contributed by atoms with Gasteiger partial charge in [0.15, 0.2) is 18.1 Å². The molecule has 0 saturated heterocycles. The fraction of sp³-hybridized carbons (Fsp3) is 0.792. The minimum absolute atomic E-state index is 0.0222. The number of ketones is 2. The van der Waals surface area contributed by atoms with Crippen LogP contribution in [-0.2, 0) is 19.1 Å². The van der Waals surface area contributed by atoms with Crippen LogP contribution in [-0.4, -0.2) is 29.8 Å². The first kappa shape index (κ1) is 20.7. The fourth-order valence-electron chi connectivity index (χ4n) is 8.02. The number of hydrogen-bond acceptors (Lipinski definition) is 4. The number of esters is 1. The molecule has 0 aromatic heterocycles. The third-order valence-corrected chi connectivity index (χ3v) is 9.29. The van der Waals surface area contributed by atoms with Crippen LogP contribution >= 0.6 is 0 Å². The van der Waals surface area contributed by atoms with E-state index in [4.69, 9.17) is 4.74 Å². The smallest absolute Gasteiger partial charge is 0.303 e. The zero-order valence-corrected chi connectivity index (χ0v) is 18.1. The number of halogens is 1. The maximum atomic E-state index is 13.6. The van der Waals surface area contributed by atoms with Crippen molar-refractivity contribution < 1.29 is 23.5 Å². The van der Waals surface area contributed by atoms with E-state index in [1.54, 1.807) is 0 Å². The zero-order valence-electron chi connectivity index (χ0n) is 18.1. The van der Waals surface area contributed by atoms with Crippen molar-refractivity contribution in [1.82, 2.24) is 0 Å². The lowest BCUT2D eigenvalue weighted by Crippen LogP contribution is -2.60. The number of allylic oxidation sites excluding steroid dienone is 1. The van der Waals surface area contributed by atoms with Crippen LogP contribution in [0.2, 0.25) is 0 Å². The number of hydrogen-bond donors (Lipinski definition) is 0. The van der Waals surface area contributed by atoms with Gasteiger partial charge in [0.25, 0.3) is 0 Å². The van der Waals surface area contributed by atoms with Crippen LogP contribution in [0.4, 0.5) is 4.39 Å². The summed E-state index contributed by atoms with van der Waals surface area (Å²) in [7, 11) is 0. The van der Waals surface area contributed by atoms with Gasteiger partial charge in [0.2, 0.25) is 5.78 Å². The molecule has 0 aromatic carbocycles. The number of carbonyl (C=O) groups excluding carboxylic acids is 3. The highest BCUT2D eigenvalue weighted by molar-refractivity contribution is 5.92. The van der Waals surface area contributed by atoms with E-state index < -0.39 is 29.4 Å². The second kappa shape index (κ2) is 6.75. The number of alkyl halides is 1. The molecule has 5 heteroatoms. The van der Waals surface area contributed by atoms with Crippen LogP contribution in [0.1, 0.15) is 72.6 Å². The van der Waals surface area contributed by atoms with Crippen molar-refractivity contribution in [2.75, 3.05) is 6.67 Å². The van der Waals surface area contributed by atoms with E-state index in [0.717, 1.165) is 32.1 Å². The van der Waals surface area contributed by atoms with Crippen LogP contribution in [0.15, 0.2) is 11.6 Å². The van der Waals surface area contributed by atoms with Gasteiger partial charge in [0, 0.05) is 18.8 Å². The van der Waals surface area contributed by atoms with Crippen molar-refractivity contribution in [2.45, 2.75) is 78.2 Å². The SMILES string of the molecule is CC(=O)O[C@]1(C(=O)CF)CC[C@H]2[C@@H]3C[C@H](C)C4=CC(=O)CC[C@]4(C)[C@H]3CC[C@@]21C. The van der Waals surface area contributed by atoms with E-state index in [-0.39, 0.29) is 17.1 Å². The highest BCUT2D eigenvalue weighted by Crippen LogP contribution is 2.69. The number of carbonyl (C=O) groups is 3. The summed E-state index contributed by atoms with van der Waals surface area (Å²) in [5.74, 6) is 0.592. The average Bonchev–Trinajstić information content (AvgIpc) is 2.95. The highest BCUT2D eigenvalue weighted by Gasteiger charge is 2.68. The maximum Gasteiger partial charge on any atom is 0.303 e. The van der Waals surface area contributed by atoms with Gasteiger partial charge in [-0.15, -0.1) is 0 Å². The Hall–Kier alpha value is -1.52. The van der Waals surface area contributed by atoms with Gasteiger partial charge >= 0.3 is 5.97 Å². The maximum absolute atomic E-state index is 13.6. The number of Topliss-reactive ketones (excluding diaryl/α,β-unsaturated/α-hetero) is 1. The molecule has 0 N–H and O–H groups in total. The molecule has 0 aliphatic heterocycles. The van der Waals surface area contributed by atoms with Gasteiger partial charge in [-0.3, -0.25) is 14.4 Å². The van der Waals surface area contributed by atoms with Crippen molar-refractivity contribution in [2.24, 2.45) is 34.5 Å². The quantitative estimate of drug-likeness (QED) is 0.645. The molecule has 0 unspecified atom stereocenters. The van der Waals surface area contributed by atoms with Crippen LogP contribution in [0.25, 0.3) is 0 Å². The zero-order chi connectivity index (χ0) is 21.2. The standard InChI is InChI=1S/C24H33FO4/c1-14-11-17-18(22(3)8-5-16(27)12-20(14)22)6-9-23(4)19(17)7-10-24(23,21(28)13-25)29-15(2)26/h12,14,17-19H,5-11,13H2,1-4H3/t14-,17+,18-,19-,22+,23-,24-/m0/s1. The summed E-state index contributed by atoms with van der Waals surface area (Å²) in [4.78, 5) is 36.8. The van der Waals surface area contributed by atoms with Crippen LogP contribution < -0.4 is 0 Å². The molecule has 0 amide bonds. The fourth-order valence-corrected chi connectivity index (χ4v) is 8.02. The van der Waals surface area contributed by atoms with Gasteiger partial charge in [0.05, 0.1) is 0 Å². The van der Waals surface area contributed by atoms with Gasteiger partial charge < -0.3 is 4.74 Å². The van der Waals surface area contributed by atoms with E-state index in [1.165, 1.54) is 12.5 Å². The molecule has 0 aromatic rings. The Morgan fingerprint density at radius 1 is 1.17 bits per heavy atom. The summed E-state index contributed by atoms with van der Waals surface area (Å²) >= 11 is 0. The second-order valence-electron chi connectivity index (χ2n) is 10.5. The summed E-state index contributed by atoms with van der Waals surface area (Å²) in [5.41, 5.74) is -0.520. The molecule has 0 bridgehead atoms. The minimum atomic E-state index is -1.33. The van der Waals surface area contributed by atoms with E-state index >= 15 is 0 Å². The molecule has 160 valence electrons. The van der Waals surface area contributed by atoms with Crippen molar-refractivity contribution in [1.29, 1.82) is 0 Å². The van der Waals surface area contributed by atoms with E-state index in [2.05, 4.69) is 20.8 Å². The lowest BCUT2D eigenvalue weighted by Gasteiger charge is -2.60. The molecule has 29 heavy (non-hydrogen) atoms. The molecule has 4 nitrogen and oxygen atoms in total. The van der Waals surface area contributed by atoms with E-state index in [0.29, 0.717) is 30.6 Å². The number of ether oxygens (including phenoxy) is 1. The summed E-state index contributed by atoms with van der Waals surface area (Å²) < 4.78 is 19.3. The Labute approximate surface area is 172 Å². The topological polar surface area (TPSA) is 60.4 Å². The predicted octanol–water partition coefficient (Wildman–Crippen LogP) is 4.60. The largest absolute Gasteiger partial charge is 0.451 e. The first-order valence-corrected chi connectivity index (χ1v) is 11.1. The van der Waals surface area contributed by atoms with Crippen molar-refractivity contribution in [3.63, 3.8) is 0 Å². The van der Waals surface area contributed by atoms with Crippen molar-refractivity contribution in [3.8, 4) is 0 Å². The summed E-state index contributed by atoms with van der Waals surface area (Å²) in [6, 6.07) is 0. The third kappa shape index (κ3) is 2.71. The van der Waals surface area contributed by atoms with Gasteiger partial charge in [0.1, 0.15) is 0 Å². The molecule has 7 atom stereocenters. The first-order chi connectivity index (χ1) is 13.6. The van der Waals surface area contributed by atoms with Gasteiger partial charge in [-0.2, -0.15) is 0 Å². The van der Waals surface area contributed by atoms with Gasteiger partial charge in [-0.25, -0.2) is 4.39 Å². The van der Waals surface area contributed by atoms with E-state index in [9.17, 15) is 18.8 Å². The predicted molar refractivity (Wildman–Crippen MR) is 107 cm³/mol. The van der Waals surface area contributed by atoms with Crippen molar-refractivity contribution in [3.05, 3.63) is 11.6 Å². The summed E-state index contributed by atoms with van der Waals surface area (Å²) in [6.07, 6.45) is 7.28. The molecule has 0 spiro atoms. The Morgan fingerprint density at radius 3 is 2.52 bits per heavy atom. The number of rotatable bonds is 3. The molecule has 0 heterocycles. The first-order valence-electron chi connectivity index (χ1n) is 11.1. The Kier molecular flexibility index (Phi) is 4.83. The Morgan fingerprint density at radius 2 is 1.86 bits per heavy atom. The molecule has 4 rings (SSSR count). The molecule has 3 fully saturated rings. The summed E-state index contributed by atoms with van der Waals surface area (Å²) in [5, 5.41) is 0. The minimum Gasteiger partial charge on any atom is -0.451 e. The molecule has 4 aliphatic carbocycles. The molecular formula is C24H33FO4. The van der Waals surface area contributed by atoms with Crippen LogP contribution in [0.3, 0.4) is 0 Å².